The summed E-state index contributed by atoms with van der Waals surface area (Å²) in [6.45, 7) is 7.06. The second-order valence-corrected chi connectivity index (χ2v) is 7.91. The van der Waals surface area contributed by atoms with Crippen LogP contribution in [0.2, 0.25) is 0 Å². The molecule has 24 heavy (non-hydrogen) atoms. The third kappa shape index (κ3) is 4.99. The zero-order valence-electron chi connectivity index (χ0n) is 14.2. The van der Waals surface area contributed by atoms with Crippen LogP contribution in [0, 0.1) is 0 Å². The standard InChI is InChI=1S/C17H22N2O4S/c1-10(15(21)19-17(2,3)4)23-14(20)9-13-16(22)18-11-7-5-6-8-12(11)24-13/h5-8,10,13H,9H2,1-4H3,(H,18,22)(H,19,21)/t10-,13-/m0/s1. The molecule has 1 aromatic rings. The van der Waals surface area contributed by atoms with E-state index in [4.69, 9.17) is 4.74 Å². The summed E-state index contributed by atoms with van der Waals surface area (Å²) in [5, 5.41) is 4.96. The van der Waals surface area contributed by atoms with E-state index in [1.807, 2.05) is 45.0 Å². The summed E-state index contributed by atoms with van der Waals surface area (Å²) in [4.78, 5) is 37.0. The molecular weight excluding hydrogens is 328 g/mol. The maximum atomic E-state index is 12.1. The van der Waals surface area contributed by atoms with Gasteiger partial charge in [0.05, 0.1) is 17.4 Å². The Morgan fingerprint density at radius 1 is 1.33 bits per heavy atom. The van der Waals surface area contributed by atoms with Gasteiger partial charge in [-0.2, -0.15) is 0 Å². The summed E-state index contributed by atoms with van der Waals surface area (Å²) in [5.41, 5.74) is 0.343. The number of para-hydroxylation sites is 1. The SMILES string of the molecule is C[C@H](OC(=O)C[C@@H]1Sc2ccccc2NC1=O)C(=O)NC(C)(C)C. The Kier molecular flexibility index (Phi) is 5.54. The van der Waals surface area contributed by atoms with Crippen molar-refractivity contribution in [1.29, 1.82) is 0 Å². The summed E-state index contributed by atoms with van der Waals surface area (Å²) in [5.74, 6) is -1.16. The monoisotopic (exact) mass is 350 g/mol. The minimum absolute atomic E-state index is 0.0853. The van der Waals surface area contributed by atoms with Crippen LogP contribution in [0.25, 0.3) is 0 Å². The van der Waals surface area contributed by atoms with Crippen LogP contribution in [0.5, 0.6) is 0 Å². The van der Waals surface area contributed by atoms with E-state index >= 15 is 0 Å². The minimum atomic E-state index is -0.902. The molecule has 0 radical (unpaired) electrons. The number of hydrogen-bond donors (Lipinski definition) is 2. The number of carbonyl (C=O) groups excluding carboxylic acids is 3. The van der Waals surface area contributed by atoms with Gasteiger partial charge in [-0.3, -0.25) is 14.4 Å². The summed E-state index contributed by atoms with van der Waals surface area (Å²) in [6.07, 6.45) is -0.988. The van der Waals surface area contributed by atoms with Gasteiger partial charge in [0.2, 0.25) is 5.91 Å². The number of anilines is 1. The van der Waals surface area contributed by atoms with E-state index in [1.165, 1.54) is 18.7 Å². The number of hydrogen-bond acceptors (Lipinski definition) is 5. The molecule has 2 amide bonds. The molecule has 6 nitrogen and oxygen atoms in total. The Labute approximate surface area is 145 Å². The Hall–Kier alpha value is -2.02. The van der Waals surface area contributed by atoms with Gasteiger partial charge in [0.25, 0.3) is 5.91 Å². The lowest BCUT2D eigenvalue weighted by atomic mass is 10.1. The lowest BCUT2D eigenvalue weighted by Crippen LogP contribution is -2.46. The zero-order chi connectivity index (χ0) is 17.9. The van der Waals surface area contributed by atoms with Crippen LogP contribution in [0.15, 0.2) is 29.2 Å². The molecule has 1 aromatic carbocycles. The minimum Gasteiger partial charge on any atom is -0.453 e. The number of ether oxygens (including phenoxy) is 1. The van der Waals surface area contributed by atoms with Crippen molar-refractivity contribution in [2.45, 2.75) is 55.9 Å². The molecular formula is C17H22N2O4S. The number of nitrogens with one attached hydrogen (secondary N) is 2. The average Bonchev–Trinajstić information content (AvgIpc) is 2.46. The number of thioether (sulfide) groups is 1. The molecule has 7 heteroatoms. The molecule has 2 atom stereocenters. The number of rotatable bonds is 4. The first kappa shape index (κ1) is 18.3. The Morgan fingerprint density at radius 2 is 2.00 bits per heavy atom. The molecule has 1 aliphatic rings. The quantitative estimate of drug-likeness (QED) is 0.814. The Balaban J connectivity index is 1.91. The first-order valence-corrected chi connectivity index (χ1v) is 8.62. The van der Waals surface area contributed by atoms with Gasteiger partial charge < -0.3 is 15.4 Å². The van der Waals surface area contributed by atoms with Crippen molar-refractivity contribution in [3.05, 3.63) is 24.3 Å². The second-order valence-electron chi connectivity index (χ2n) is 6.67. The lowest BCUT2D eigenvalue weighted by Gasteiger charge is -2.25. The first-order chi connectivity index (χ1) is 11.2. The van der Waals surface area contributed by atoms with Gasteiger partial charge in [0.1, 0.15) is 0 Å². The van der Waals surface area contributed by atoms with Crippen LogP contribution in [0.4, 0.5) is 5.69 Å². The van der Waals surface area contributed by atoms with Crippen LogP contribution in [0.3, 0.4) is 0 Å². The van der Waals surface area contributed by atoms with Gasteiger partial charge in [-0.05, 0) is 39.8 Å². The maximum Gasteiger partial charge on any atom is 0.308 e. The summed E-state index contributed by atoms with van der Waals surface area (Å²) >= 11 is 1.33. The summed E-state index contributed by atoms with van der Waals surface area (Å²) in [7, 11) is 0. The first-order valence-electron chi connectivity index (χ1n) is 7.74. The van der Waals surface area contributed by atoms with Crippen LogP contribution < -0.4 is 10.6 Å². The second kappa shape index (κ2) is 7.25. The van der Waals surface area contributed by atoms with E-state index in [2.05, 4.69) is 10.6 Å². The maximum absolute atomic E-state index is 12.1. The van der Waals surface area contributed by atoms with E-state index in [-0.39, 0.29) is 18.2 Å². The van der Waals surface area contributed by atoms with Gasteiger partial charge in [0.15, 0.2) is 6.10 Å². The fraction of sp³-hybridized carbons (Fsp3) is 0.471. The van der Waals surface area contributed by atoms with E-state index in [0.29, 0.717) is 0 Å². The molecule has 0 aliphatic carbocycles. The van der Waals surface area contributed by atoms with E-state index in [9.17, 15) is 14.4 Å². The van der Waals surface area contributed by atoms with Crippen molar-refractivity contribution in [2.24, 2.45) is 0 Å². The van der Waals surface area contributed by atoms with Gasteiger partial charge in [-0.1, -0.05) is 12.1 Å². The van der Waals surface area contributed by atoms with E-state index in [1.54, 1.807) is 0 Å². The lowest BCUT2D eigenvalue weighted by molar-refractivity contribution is -0.155. The predicted molar refractivity (Wildman–Crippen MR) is 92.8 cm³/mol. The molecule has 2 N–H and O–H groups in total. The zero-order valence-corrected chi connectivity index (χ0v) is 15.0. The Bertz CT molecular complexity index is 654. The van der Waals surface area contributed by atoms with Crippen molar-refractivity contribution in [3.63, 3.8) is 0 Å². The number of benzene rings is 1. The highest BCUT2D eigenvalue weighted by Gasteiger charge is 2.31. The van der Waals surface area contributed by atoms with Crippen LogP contribution in [-0.4, -0.2) is 34.7 Å². The highest BCUT2D eigenvalue weighted by Crippen LogP contribution is 2.36. The normalized spacial score (nSPS) is 18.2. The van der Waals surface area contributed by atoms with Crippen LogP contribution >= 0.6 is 11.8 Å². The third-order valence-corrected chi connectivity index (χ3v) is 4.51. The van der Waals surface area contributed by atoms with Crippen LogP contribution in [-0.2, 0) is 19.1 Å². The van der Waals surface area contributed by atoms with E-state index < -0.39 is 22.9 Å². The van der Waals surface area contributed by atoms with Crippen molar-refractivity contribution < 1.29 is 19.1 Å². The molecule has 0 saturated carbocycles. The average molecular weight is 350 g/mol. The Morgan fingerprint density at radius 3 is 2.67 bits per heavy atom. The summed E-state index contributed by atoms with van der Waals surface area (Å²) < 4.78 is 5.15. The molecule has 0 fully saturated rings. The molecule has 0 unspecified atom stereocenters. The van der Waals surface area contributed by atoms with Gasteiger partial charge in [-0.15, -0.1) is 11.8 Å². The smallest absolute Gasteiger partial charge is 0.308 e. The van der Waals surface area contributed by atoms with Gasteiger partial charge >= 0.3 is 5.97 Å². The molecule has 1 heterocycles. The third-order valence-electron chi connectivity index (χ3n) is 3.23. The number of carbonyl (C=O) groups is 3. The van der Waals surface area contributed by atoms with Crippen molar-refractivity contribution in [2.75, 3.05) is 5.32 Å². The predicted octanol–water partition coefficient (Wildman–Crippen LogP) is 2.34. The molecule has 2 rings (SSSR count). The molecule has 130 valence electrons. The molecule has 1 aliphatic heterocycles. The molecule has 0 saturated heterocycles. The van der Waals surface area contributed by atoms with Crippen molar-refractivity contribution in [1.82, 2.24) is 5.32 Å². The van der Waals surface area contributed by atoms with Crippen molar-refractivity contribution in [3.8, 4) is 0 Å². The number of amides is 2. The summed E-state index contributed by atoms with van der Waals surface area (Å²) in [6, 6.07) is 7.41. The van der Waals surface area contributed by atoms with Crippen molar-refractivity contribution >= 4 is 35.2 Å². The fourth-order valence-electron chi connectivity index (χ4n) is 2.15. The fourth-order valence-corrected chi connectivity index (χ4v) is 3.24. The van der Waals surface area contributed by atoms with Crippen LogP contribution in [0.1, 0.15) is 34.1 Å². The largest absolute Gasteiger partial charge is 0.453 e. The van der Waals surface area contributed by atoms with Gasteiger partial charge in [0, 0.05) is 10.4 Å². The highest BCUT2D eigenvalue weighted by molar-refractivity contribution is 8.01. The topological polar surface area (TPSA) is 84.5 Å². The number of fused-ring (bicyclic) bond motifs is 1. The number of esters is 1. The molecule has 0 aromatic heterocycles. The molecule has 0 spiro atoms. The van der Waals surface area contributed by atoms with Gasteiger partial charge in [-0.25, -0.2) is 0 Å². The van der Waals surface area contributed by atoms with E-state index in [0.717, 1.165) is 10.6 Å². The molecule has 0 bridgehead atoms. The highest BCUT2D eigenvalue weighted by atomic mass is 32.2.